The van der Waals surface area contributed by atoms with Crippen LogP contribution in [0.2, 0.25) is 0 Å². The summed E-state index contributed by atoms with van der Waals surface area (Å²) in [6.07, 6.45) is 3.52. The molecular weight excluding hydrogens is 240 g/mol. The van der Waals surface area contributed by atoms with E-state index in [1.807, 2.05) is 36.4 Å². The van der Waals surface area contributed by atoms with Crippen molar-refractivity contribution in [2.45, 2.75) is 13.2 Å². The van der Waals surface area contributed by atoms with Crippen molar-refractivity contribution in [2.24, 2.45) is 5.73 Å². The van der Waals surface area contributed by atoms with E-state index in [1.54, 1.807) is 12.4 Å². The minimum atomic E-state index is 0.317. The molecule has 4 heteroatoms. The number of ether oxygens (including phenoxy) is 1. The van der Waals surface area contributed by atoms with Crippen LogP contribution in [0.15, 0.2) is 53.2 Å². The third-order valence-electron chi connectivity index (χ3n) is 2.91. The first-order chi connectivity index (χ1) is 9.38. The van der Waals surface area contributed by atoms with Gasteiger partial charge in [-0.1, -0.05) is 18.2 Å². The Hall–Kier alpha value is -2.33. The van der Waals surface area contributed by atoms with Gasteiger partial charge in [-0.25, -0.2) is 0 Å². The molecule has 0 saturated heterocycles. The van der Waals surface area contributed by atoms with Gasteiger partial charge in [0, 0.05) is 18.0 Å². The number of nitrogens with zero attached hydrogens (tertiary/aromatic N) is 1. The van der Waals surface area contributed by atoms with Crippen molar-refractivity contribution in [1.29, 1.82) is 0 Å². The molecule has 0 aliphatic carbocycles. The average Bonchev–Trinajstić information content (AvgIpc) is 2.84. The number of pyridine rings is 1. The Morgan fingerprint density at radius 2 is 2.05 bits per heavy atom. The summed E-state index contributed by atoms with van der Waals surface area (Å²) in [4.78, 5) is 4.06. The summed E-state index contributed by atoms with van der Waals surface area (Å²) in [5.74, 6) is 1.40. The molecule has 1 aromatic carbocycles. The molecule has 0 amide bonds. The highest BCUT2D eigenvalue weighted by Crippen LogP contribution is 2.33. The number of aromatic nitrogens is 1. The third-order valence-corrected chi connectivity index (χ3v) is 2.91. The van der Waals surface area contributed by atoms with Gasteiger partial charge in [0.2, 0.25) is 0 Å². The number of para-hydroxylation sites is 1. The second kappa shape index (κ2) is 5.12. The minimum absolute atomic E-state index is 0.317. The van der Waals surface area contributed by atoms with Crippen LogP contribution in [0.3, 0.4) is 0 Å². The molecule has 2 N–H and O–H groups in total. The van der Waals surface area contributed by atoms with E-state index in [2.05, 4.69) is 4.98 Å². The zero-order valence-electron chi connectivity index (χ0n) is 10.4. The van der Waals surface area contributed by atoms with Crippen molar-refractivity contribution in [1.82, 2.24) is 4.98 Å². The highest BCUT2D eigenvalue weighted by Gasteiger charge is 2.13. The summed E-state index contributed by atoms with van der Waals surface area (Å²) >= 11 is 0. The Bertz CT molecular complexity index is 677. The SMILES string of the molecule is NCc1oc2ccccc2c1OCc1cccnc1. The molecule has 0 spiro atoms. The van der Waals surface area contributed by atoms with Crippen LogP contribution in [0.25, 0.3) is 11.0 Å². The molecule has 0 aliphatic rings. The lowest BCUT2D eigenvalue weighted by Gasteiger charge is -2.05. The molecule has 0 saturated carbocycles. The van der Waals surface area contributed by atoms with Crippen molar-refractivity contribution in [3.63, 3.8) is 0 Å². The molecule has 0 radical (unpaired) electrons. The summed E-state index contributed by atoms with van der Waals surface area (Å²) < 4.78 is 11.5. The van der Waals surface area contributed by atoms with Crippen LogP contribution in [0, 0.1) is 0 Å². The maximum absolute atomic E-state index is 5.85. The lowest BCUT2D eigenvalue weighted by Crippen LogP contribution is -2.00. The van der Waals surface area contributed by atoms with Gasteiger partial charge in [0.25, 0.3) is 0 Å². The predicted molar refractivity (Wildman–Crippen MR) is 72.7 cm³/mol. The van der Waals surface area contributed by atoms with E-state index in [-0.39, 0.29) is 0 Å². The Kier molecular flexibility index (Phi) is 3.16. The monoisotopic (exact) mass is 254 g/mol. The lowest BCUT2D eigenvalue weighted by atomic mass is 10.2. The summed E-state index contributed by atoms with van der Waals surface area (Å²) in [6, 6.07) is 11.6. The zero-order valence-corrected chi connectivity index (χ0v) is 10.4. The topological polar surface area (TPSA) is 61.3 Å². The van der Waals surface area contributed by atoms with Crippen LogP contribution in [-0.4, -0.2) is 4.98 Å². The van der Waals surface area contributed by atoms with Crippen molar-refractivity contribution in [3.05, 3.63) is 60.1 Å². The van der Waals surface area contributed by atoms with Gasteiger partial charge in [0.15, 0.2) is 11.5 Å². The quantitative estimate of drug-likeness (QED) is 0.777. The van der Waals surface area contributed by atoms with Crippen LogP contribution in [0.5, 0.6) is 5.75 Å². The highest BCUT2D eigenvalue weighted by molar-refractivity contribution is 5.85. The Balaban J connectivity index is 1.91. The fourth-order valence-electron chi connectivity index (χ4n) is 2.00. The van der Waals surface area contributed by atoms with E-state index >= 15 is 0 Å². The molecule has 3 rings (SSSR count). The van der Waals surface area contributed by atoms with E-state index in [0.717, 1.165) is 22.3 Å². The smallest absolute Gasteiger partial charge is 0.170 e. The van der Waals surface area contributed by atoms with Crippen LogP contribution in [0.4, 0.5) is 0 Å². The summed E-state index contributed by atoms with van der Waals surface area (Å²) in [6.45, 7) is 0.765. The van der Waals surface area contributed by atoms with Gasteiger partial charge < -0.3 is 14.9 Å². The van der Waals surface area contributed by atoms with E-state index in [0.29, 0.717) is 18.9 Å². The molecule has 4 nitrogen and oxygen atoms in total. The number of furan rings is 1. The number of fused-ring (bicyclic) bond motifs is 1. The molecule has 96 valence electrons. The molecule has 0 atom stereocenters. The first-order valence-corrected chi connectivity index (χ1v) is 6.10. The van der Waals surface area contributed by atoms with Crippen molar-refractivity contribution >= 4 is 11.0 Å². The fourth-order valence-corrected chi connectivity index (χ4v) is 2.00. The number of rotatable bonds is 4. The standard InChI is InChI=1S/C15H14N2O2/c16-8-14-15(12-5-1-2-6-13(12)19-14)18-10-11-4-3-7-17-9-11/h1-7,9H,8,10,16H2. The first-order valence-electron chi connectivity index (χ1n) is 6.10. The fraction of sp³-hybridized carbons (Fsp3) is 0.133. The van der Waals surface area contributed by atoms with Crippen molar-refractivity contribution in [3.8, 4) is 5.75 Å². The molecule has 0 fully saturated rings. The molecule has 3 aromatic rings. The molecule has 2 aromatic heterocycles. The summed E-state index contributed by atoms with van der Waals surface area (Å²) in [7, 11) is 0. The summed E-state index contributed by atoms with van der Waals surface area (Å²) in [5, 5.41) is 0.951. The molecule has 0 unspecified atom stereocenters. The number of hydrogen-bond acceptors (Lipinski definition) is 4. The number of nitrogens with two attached hydrogens (primary N) is 1. The Labute approximate surface area is 110 Å². The minimum Gasteiger partial charge on any atom is -0.484 e. The first kappa shape index (κ1) is 11.7. The van der Waals surface area contributed by atoms with Crippen LogP contribution in [-0.2, 0) is 13.2 Å². The Morgan fingerprint density at radius 3 is 2.84 bits per heavy atom. The molecular formula is C15H14N2O2. The van der Waals surface area contributed by atoms with Gasteiger partial charge in [-0.15, -0.1) is 0 Å². The largest absolute Gasteiger partial charge is 0.484 e. The van der Waals surface area contributed by atoms with Crippen molar-refractivity contribution < 1.29 is 9.15 Å². The lowest BCUT2D eigenvalue weighted by molar-refractivity contribution is 0.298. The second-order valence-corrected chi connectivity index (χ2v) is 4.20. The van der Waals surface area contributed by atoms with Crippen molar-refractivity contribution in [2.75, 3.05) is 0 Å². The molecule has 0 bridgehead atoms. The maximum atomic E-state index is 5.85. The Morgan fingerprint density at radius 1 is 1.16 bits per heavy atom. The molecule has 19 heavy (non-hydrogen) atoms. The van der Waals surface area contributed by atoms with Crippen LogP contribution < -0.4 is 10.5 Å². The van der Waals surface area contributed by atoms with E-state index < -0.39 is 0 Å². The third kappa shape index (κ3) is 2.30. The van der Waals surface area contributed by atoms with Gasteiger partial charge in [0.05, 0.1) is 11.9 Å². The number of benzene rings is 1. The van der Waals surface area contributed by atoms with Gasteiger partial charge >= 0.3 is 0 Å². The highest BCUT2D eigenvalue weighted by atomic mass is 16.5. The normalized spacial score (nSPS) is 10.8. The average molecular weight is 254 g/mol. The van der Waals surface area contributed by atoms with Crippen LogP contribution in [0.1, 0.15) is 11.3 Å². The summed E-state index contributed by atoms with van der Waals surface area (Å²) in [5.41, 5.74) is 7.50. The van der Waals surface area contributed by atoms with Gasteiger partial charge in [-0.3, -0.25) is 4.98 Å². The van der Waals surface area contributed by atoms with E-state index in [9.17, 15) is 0 Å². The van der Waals surface area contributed by atoms with Gasteiger partial charge in [-0.05, 0) is 18.2 Å². The van der Waals surface area contributed by atoms with Crippen LogP contribution >= 0.6 is 0 Å². The van der Waals surface area contributed by atoms with E-state index in [1.165, 1.54) is 0 Å². The number of hydrogen-bond donors (Lipinski definition) is 1. The van der Waals surface area contributed by atoms with E-state index in [4.69, 9.17) is 14.9 Å². The van der Waals surface area contributed by atoms with Gasteiger partial charge in [-0.2, -0.15) is 0 Å². The molecule has 0 aliphatic heterocycles. The zero-order chi connectivity index (χ0) is 13.1. The predicted octanol–water partition coefficient (Wildman–Crippen LogP) is 2.87. The maximum Gasteiger partial charge on any atom is 0.170 e. The molecule has 2 heterocycles. The van der Waals surface area contributed by atoms with Gasteiger partial charge in [0.1, 0.15) is 12.2 Å². The second-order valence-electron chi connectivity index (χ2n) is 4.20.